The number of benzene rings is 3. The maximum Gasteiger partial charge on any atom is 0.328 e. The Kier molecular flexibility index (Phi) is 9.26. The molecular formula is C26H23BrClN3O6. The van der Waals surface area contributed by atoms with Crippen LogP contribution < -0.4 is 16.0 Å². The van der Waals surface area contributed by atoms with Crippen molar-refractivity contribution in [2.75, 3.05) is 6.54 Å². The summed E-state index contributed by atoms with van der Waals surface area (Å²) in [6.07, 6.45) is 0. The van der Waals surface area contributed by atoms with Crippen LogP contribution >= 0.6 is 27.5 Å². The number of carbonyl (C=O) groups excluding carboxylic acids is 3. The largest absolute Gasteiger partial charge is 0.508 e. The summed E-state index contributed by atoms with van der Waals surface area (Å²) in [6, 6.07) is 13.9. The number of rotatable bonds is 9. The van der Waals surface area contributed by atoms with Crippen LogP contribution in [0.2, 0.25) is 5.02 Å². The van der Waals surface area contributed by atoms with Crippen molar-refractivity contribution in [2.24, 2.45) is 0 Å². The summed E-state index contributed by atoms with van der Waals surface area (Å²) < 4.78 is 0.830. The minimum atomic E-state index is -1.42. The molecule has 3 aromatic rings. The molecule has 0 saturated heterocycles. The van der Waals surface area contributed by atoms with Gasteiger partial charge in [-0.15, -0.1) is 0 Å². The zero-order valence-electron chi connectivity index (χ0n) is 19.5. The zero-order valence-corrected chi connectivity index (χ0v) is 21.9. The first-order chi connectivity index (χ1) is 17.5. The molecule has 3 rings (SSSR count). The van der Waals surface area contributed by atoms with Crippen molar-refractivity contribution in [1.82, 2.24) is 16.0 Å². The highest BCUT2D eigenvalue weighted by molar-refractivity contribution is 9.10. The lowest BCUT2D eigenvalue weighted by molar-refractivity contribution is -0.139. The molecule has 0 saturated carbocycles. The van der Waals surface area contributed by atoms with Gasteiger partial charge in [0, 0.05) is 28.7 Å². The maximum atomic E-state index is 12.7. The van der Waals surface area contributed by atoms with Crippen LogP contribution in [0.5, 0.6) is 5.75 Å². The molecule has 192 valence electrons. The molecule has 0 aromatic heterocycles. The second-order valence-electron chi connectivity index (χ2n) is 8.09. The second-order valence-corrected chi connectivity index (χ2v) is 9.35. The van der Waals surface area contributed by atoms with E-state index in [0.29, 0.717) is 11.1 Å². The van der Waals surface area contributed by atoms with E-state index in [1.54, 1.807) is 30.3 Å². The fourth-order valence-corrected chi connectivity index (χ4v) is 3.82. The Bertz CT molecular complexity index is 1360. The molecule has 0 aliphatic heterocycles. The molecule has 0 aliphatic rings. The smallest absolute Gasteiger partial charge is 0.328 e. The minimum Gasteiger partial charge on any atom is -0.508 e. The standard InChI is InChI=1S/C26H23BrClN3O6/c1-14-9-16(6-8-20(14)27)23(33)30-13-22(26(36)37)31-25(35)19-7-5-17(11-21(19)28)24(34)29-12-15-3-2-4-18(32)10-15/h2-11,22,32H,12-13H2,1H3,(H,29,34)(H,30,33)(H,31,35)(H,36,37)/t22-/m0/s1. The van der Waals surface area contributed by atoms with E-state index in [-0.39, 0.29) is 35.0 Å². The van der Waals surface area contributed by atoms with Crippen molar-refractivity contribution in [1.29, 1.82) is 0 Å². The van der Waals surface area contributed by atoms with E-state index in [1.807, 2.05) is 6.92 Å². The van der Waals surface area contributed by atoms with Crippen molar-refractivity contribution >= 4 is 51.2 Å². The van der Waals surface area contributed by atoms with Crippen LogP contribution in [-0.4, -0.2) is 46.5 Å². The molecule has 1 atom stereocenters. The molecule has 5 N–H and O–H groups in total. The monoisotopic (exact) mass is 587 g/mol. The Morgan fingerprint density at radius 1 is 0.919 bits per heavy atom. The first-order valence-electron chi connectivity index (χ1n) is 11.0. The maximum absolute atomic E-state index is 12.7. The Balaban J connectivity index is 1.61. The number of carboxylic acid groups (broad SMARTS) is 1. The van der Waals surface area contributed by atoms with Crippen LogP contribution in [-0.2, 0) is 11.3 Å². The Morgan fingerprint density at radius 2 is 1.59 bits per heavy atom. The molecule has 0 heterocycles. The second kappa shape index (κ2) is 12.4. The molecule has 37 heavy (non-hydrogen) atoms. The van der Waals surface area contributed by atoms with Gasteiger partial charge in [0.1, 0.15) is 11.8 Å². The number of aliphatic carboxylic acids is 1. The highest BCUT2D eigenvalue weighted by atomic mass is 79.9. The Hall–Kier alpha value is -3.89. The number of aromatic hydroxyl groups is 1. The lowest BCUT2D eigenvalue weighted by atomic mass is 10.1. The number of nitrogens with one attached hydrogen (secondary N) is 3. The molecule has 0 unspecified atom stereocenters. The summed E-state index contributed by atoms with van der Waals surface area (Å²) in [7, 11) is 0. The van der Waals surface area contributed by atoms with Gasteiger partial charge in [0.25, 0.3) is 17.7 Å². The van der Waals surface area contributed by atoms with Gasteiger partial charge < -0.3 is 26.2 Å². The van der Waals surface area contributed by atoms with Gasteiger partial charge in [-0.1, -0.05) is 39.7 Å². The number of phenols is 1. The van der Waals surface area contributed by atoms with Crippen LogP contribution in [0.15, 0.2) is 65.1 Å². The highest BCUT2D eigenvalue weighted by Crippen LogP contribution is 2.19. The number of hydrogen-bond donors (Lipinski definition) is 5. The van der Waals surface area contributed by atoms with Gasteiger partial charge in [-0.2, -0.15) is 0 Å². The molecule has 9 nitrogen and oxygen atoms in total. The zero-order chi connectivity index (χ0) is 27.1. The predicted molar refractivity (Wildman–Crippen MR) is 141 cm³/mol. The SMILES string of the molecule is Cc1cc(C(=O)NC[C@H](NC(=O)c2ccc(C(=O)NCc3cccc(O)c3)cc2Cl)C(=O)O)ccc1Br. The number of halogens is 2. The third-order valence-electron chi connectivity index (χ3n) is 5.33. The molecule has 0 radical (unpaired) electrons. The molecule has 11 heteroatoms. The van der Waals surface area contributed by atoms with Gasteiger partial charge in [-0.25, -0.2) is 4.79 Å². The summed E-state index contributed by atoms with van der Waals surface area (Å²) in [5.74, 6) is -2.99. The van der Waals surface area contributed by atoms with Gasteiger partial charge in [-0.3, -0.25) is 14.4 Å². The van der Waals surface area contributed by atoms with E-state index >= 15 is 0 Å². The lowest BCUT2D eigenvalue weighted by Gasteiger charge is -2.16. The highest BCUT2D eigenvalue weighted by Gasteiger charge is 2.23. The quantitative estimate of drug-likeness (QED) is 0.258. The van der Waals surface area contributed by atoms with Crippen molar-refractivity contribution < 1.29 is 29.4 Å². The van der Waals surface area contributed by atoms with Crippen molar-refractivity contribution in [3.8, 4) is 5.75 Å². The van der Waals surface area contributed by atoms with Gasteiger partial charge >= 0.3 is 5.97 Å². The molecule has 0 spiro atoms. The van der Waals surface area contributed by atoms with Crippen LogP contribution in [0.25, 0.3) is 0 Å². The fourth-order valence-electron chi connectivity index (χ4n) is 3.31. The van der Waals surface area contributed by atoms with E-state index in [2.05, 4.69) is 31.9 Å². The van der Waals surface area contributed by atoms with Crippen LogP contribution in [0.1, 0.15) is 42.2 Å². The summed E-state index contributed by atoms with van der Waals surface area (Å²) in [4.78, 5) is 49.2. The Morgan fingerprint density at radius 3 is 2.24 bits per heavy atom. The van der Waals surface area contributed by atoms with Crippen LogP contribution in [0.3, 0.4) is 0 Å². The van der Waals surface area contributed by atoms with Crippen molar-refractivity contribution in [2.45, 2.75) is 19.5 Å². The predicted octanol–water partition coefficient (Wildman–Crippen LogP) is 3.66. The molecular weight excluding hydrogens is 566 g/mol. The van der Waals surface area contributed by atoms with Gasteiger partial charge in [0.15, 0.2) is 0 Å². The normalized spacial score (nSPS) is 11.3. The van der Waals surface area contributed by atoms with Gasteiger partial charge in [0.05, 0.1) is 10.6 Å². The van der Waals surface area contributed by atoms with Crippen molar-refractivity contribution in [3.05, 3.63) is 98.0 Å². The molecule has 3 aromatic carbocycles. The van der Waals surface area contributed by atoms with Gasteiger partial charge in [-0.05, 0) is 66.6 Å². The average Bonchev–Trinajstić information content (AvgIpc) is 2.86. The third kappa shape index (κ3) is 7.55. The number of aryl methyl sites for hydroxylation is 1. The number of carbonyl (C=O) groups is 4. The first-order valence-corrected chi connectivity index (χ1v) is 12.2. The summed E-state index contributed by atoms with van der Waals surface area (Å²) >= 11 is 9.56. The van der Waals surface area contributed by atoms with E-state index in [0.717, 1.165) is 10.0 Å². The summed E-state index contributed by atoms with van der Waals surface area (Å²) in [5, 5.41) is 26.5. The van der Waals surface area contributed by atoms with Crippen LogP contribution in [0, 0.1) is 6.92 Å². The minimum absolute atomic E-state index is 0.0349. The average molecular weight is 589 g/mol. The third-order valence-corrected chi connectivity index (χ3v) is 6.53. The van der Waals surface area contributed by atoms with Crippen LogP contribution in [0.4, 0.5) is 0 Å². The van der Waals surface area contributed by atoms with E-state index < -0.39 is 29.7 Å². The molecule has 0 aliphatic carbocycles. The number of phenolic OH excluding ortho intramolecular Hbond substituents is 1. The molecule has 3 amide bonds. The van der Waals surface area contributed by atoms with E-state index in [1.165, 1.54) is 30.3 Å². The summed E-state index contributed by atoms with van der Waals surface area (Å²) in [5.41, 5.74) is 2.03. The summed E-state index contributed by atoms with van der Waals surface area (Å²) in [6.45, 7) is 1.62. The molecule has 0 fully saturated rings. The number of carboxylic acids is 1. The van der Waals surface area contributed by atoms with Gasteiger partial charge in [0.2, 0.25) is 0 Å². The Labute approximate surface area is 226 Å². The van der Waals surface area contributed by atoms with E-state index in [4.69, 9.17) is 11.6 Å². The lowest BCUT2D eigenvalue weighted by Crippen LogP contribution is -2.48. The molecule has 0 bridgehead atoms. The number of amides is 3. The number of hydrogen-bond acceptors (Lipinski definition) is 5. The van der Waals surface area contributed by atoms with E-state index in [9.17, 15) is 29.4 Å². The fraction of sp³-hybridized carbons (Fsp3) is 0.154. The first kappa shape index (κ1) is 27.7. The van der Waals surface area contributed by atoms with Crippen molar-refractivity contribution in [3.63, 3.8) is 0 Å². The topological polar surface area (TPSA) is 145 Å².